The van der Waals surface area contributed by atoms with Crippen molar-refractivity contribution in [1.29, 1.82) is 0 Å². The van der Waals surface area contributed by atoms with Crippen LogP contribution in [0.1, 0.15) is 79.0 Å². The highest BCUT2D eigenvalue weighted by Gasteiger charge is 2.39. The van der Waals surface area contributed by atoms with Gasteiger partial charge in [0.15, 0.2) is 0 Å². The van der Waals surface area contributed by atoms with Gasteiger partial charge in [0.05, 0.1) is 11.0 Å². The summed E-state index contributed by atoms with van der Waals surface area (Å²) < 4.78 is 2.55. The summed E-state index contributed by atoms with van der Waals surface area (Å²) >= 11 is 0. The number of rotatable bonds is 7. The first-order valence-electron chi connectivity index (χ1n) is 29.3. The third-order valence-corrected chi connectivity index (χ3v) is 19.0. The molecular weight excluding hydrogens is 987 g/mol. The summed E-state index contributed by atoms with van der Waals surface area (Å²) in [4.78, 5) is 0. The second kappa shape index (κ2) is 18.5. The Hall–Kier alpha value is -9.56. The Morgan fingerprint density at radius 2 is 0.768 bits per heavy atom. The van der Waals surface area contributed by atoms with Gasteiger partial charge in [-0.25, -0.2) is 0 Å². The molecule has 13 aromatic rings. The fraction of sp³-hybridized carbons (Fsp3) is 0.111. The van der Waals surface area contributed by atoms with E-state index in [1.807, 2.05) is 0 Å². The summed E-state index contributed by atoms with van der Waals surface area (Å²) in [5.41, 5.74) is 33.4. The van der Waals surface area contributed by atoms with E-state index in [4.69, 9.17) is 0 Å². The van der Waals surface area contributed by atoms with E-state index in [1.165, 1.54) is 150 Å². The number of aryl methyl sites for hydroxylation is 1. The van der Waals surface area contributed by atoms with Crippen LogP contribution in [0.2, 0.25) is 0 Å². The van der Waals surface area contributed by atoms with Gasteiger partial charge in [0.1, 0.15) is 0 Å². The van der Waals surface area contributed by atoms with Crippen LogP contribution in [-0.4, -0.2) is 4.57 Å². The van der Waals surface area contributed by atoms with E-state index in [2.05, 4.69) is 299 Å². The van der Waals surface area contributed by atoms with Crippen LogP contribution < -0.4 is 0 Å². The first kappa shape index (κ1) is 48.4. The minimum atomic E-state index is -0.155. The molecule has 0 saturated heterocycles. The Kier molecular flexibility index (Phi) is 10.9. The van der Waals surface area contributed by atoms with Crippen LogP contribution >= 0.6 is 0 Å². The van der Waals surface area contributed by atoms with Gasteiger partial charge in [-0.2, -0.15) is 0 Å². The first-order chi connectivity index (χ1) is 40.1. The van der Waals surface area contributed by atoms with Crippen molar-refractivity contribution in [2.75, 3.05) is 0 Å². The number of fused-ring (bicyclic) bond motifs is 12. The zero-order valence-electron chi connectivity index (χ0n) is 46.8. The topological polar surface area (TPSA) is 4.93 Å². The van der Waals surface area contributed by atoms with Crippen molar-refractivity contribution < 1.29 is 0 Å². The smallest absolute Gasteiger partial charge is 0.0544 e. The van der Waals surface area contributed by atoms with Crippen LogP contribution in [0, 0.1) is 0 Å². The highest BCUT2D eigenvalue weighted by atomic mass is 15.0. The van der Waals surface area contributed by atoms with Crippen molar-refractivity contribution in [1.82, 2.24) is 4.57 Å². The van der Waals surface area contributed by atoms with Crippen molar-refractivity contribution in [3.05, 3.63) is 306 Å². The molecule has 0 spiro atoms. The highest BCUT2D eigenvalue weighted by Crippen LogP contribution is 2.55. The lowest BCUT2D eigenvalue weighted by Crippen LogP contribution is -2.16. The fourth-order valence-corrected chi connectivity index (χ4v) is 14.8. The lowest BCUT2D eigenvalue weighted by molar-refractivity contribution is 0.655. The van der Waals surface area contributed by atoms with Gasteiger partial charge in [-0.05, 0) is 201 Å². The summed E-state index contributed by atoms with van der Waals surface area (Å²) in [5, 5.41) is 2.52. The molecule has 0 amide bonds. The summed E-state index contributed by atoms with van der Waals surface area (Å²) in [6, 6.07) is 101. The molecule has 12 aromatic carbocycles. The van der Waals surface area contributed by atoms with Crippen molar-refractivity contribution in [2.45, 2.75) is 57.3 Å². The molecule has 1 aromatic heterocycles. The van der Waals surface area contributed by atoms with E-state index in [1.54, 1.807) is 0 Å². The van der Waals surface area contributed by atoms with Gasteiger partial charge in [-0.15, -0.1) is 0 Å². The van der Waals surface area contributed by atoms with Crippen LogP contribution in [0.3, 0.4) is 0 Å². The van der Waals surface area contributed by atoms with Crippen LogP contribution in [0.15, 0.2) is 267 Å². The van der Waals surface area contributed by atoms with E-state index in [9.17, 15) is 0 Å². The van der Waals surface area contributed by atoms with Gasteiger partial charge in [-0.3, -0.25) is 0 Å². The van der Waals surface area contributed by atoms with Gasteiger partial charge in [-0.1, -0.05) is 234 Å². The van der Waals surface area contributed by atoms with Crippen molar-refractivity contribution in [2.24, 2.45) is 0 Å². The third kappa shape index (κ3) is 7.60. The number of hydrogen-bond donors (Lipinski definition) is 0. The molecule has 16 rings (SSSR count). The predicted octanol–water partition coefficient (Wildman–Crippen LogP) is 21.5. The first-order valence-corrected chi connectivity index (χ1v) is 29.3. The third-order valence-electron chi connectivity index (χ3n) is 19.0. The quantitative estimate of drug-likeness (QED) is 0.150. The van der Waals surface area contributed by atoms with Gasteiger partial charge in [0.25, 0.3) is 0 Å². The summed E-state index contributed by atoms with van der Waals surface area (Å²) in [6.45, 7) is 9.64. The molecule has 0 fully saturated rings. The maximum Gasteiger partial charge on any atom is 0.0544 e. The molecular formula is C81H61N. The molecule has 0 N–H and O–H groups in total. The fourth-order valence-electron chi connectivity index (χ4n) is 14.8. The van der Waals surface area contributed by atoms with E-state index in [0.29, 0.717) is 0 Å². The van der Waals surface area contributed by atoms with Crippen molar-refractivity contribution >= 4 is 21.8 Å². The number of benzene rings is 12. The second-order valence-electron chi connectivity index (χ2n) is 24.3. The maximum absolute atomic E-state index is 2.63. The molecule has 0 bridgehead atoms. The largest absolute Gasteiger partial charge is 0.309 e. The molecule has 1 atom stereocenters. The van der Waals surface area contributed by atoms with Crippen LogP contribution in [0.4, 0.5) is 0 Å². The monoisotopic (exact) mass is 1050 g/mol. The number of hydrogen-bond acceptors (Lipinski definition) is 0. The Morgan fingerprint density at radius 1 is 0.305 bits per heavy atom. The summed E-state index contributed by atoms with van der Waals surface area (Å²) in [6.07, 6.45) is 1.98. The molecule has 0 aliphatic heterocycles. The predicted molar refractivity (Wildman–Crippen MR) is 345 cm³/mol. The van der Waals surface area contributed by atoms with Crippen LogP contribution in [-0.2, 0) is 17.3 Å². The van der Waals surface area contributed by atoms with E-state index >= 15 is 0 Å². The van der Waals surface area contributed by atoms with Gasteiger partial charge in [0.2, 0.25) is 0 Å². The lowest BCUT2D eigenvalue weighted by Gasteiger charge is -2.26. The Bertz CT molecular complexity index is 4590. The van der Waals surface area contributed by atoms with Crippen LogP contribution in [0.5, 0.6) is 0 Å². The SMILES string of the molecule is CC1(C)c2ccccc2-c2cc3c(cc21)C(c1cc(-c2ccccc2)cc(-c2ccccc2)c1)CCc1ccc(-c2ccc4c(c2)c2cc5c(cc2n4-c2cc(-c4ccccc4)cc(-c4ccccc4)c2)C(C)(C)c2ccccc2-5)cc1-3. The molecule has 390 valence electrons. The molecule has 1 unspecified atom stereocenters. The summed E-state index contributed by atoms with van der Waals surface area (Å²) in [7, 11) is 0. The minimum absolute atomic E-state index is 0.137. The average molecular weight is 1050 g/mol. The second-order valence-corrected chi connectivity index (χ2v) is 24.3. The van der Waals surface area contributed by atoms with Gasteiger partial charge >= 0.3 is 0 Å². The Labute approximate surface area is 481 Å². The average Bonchev–Trinajstić information content (AvgIpc) is 2.98. The molecule has 1 heteroatoms. The highest BCUT2D eigenvalue weighted by molar-refractivity contribution is 6.13. The normalized spacial score (nSPS) is 15.0. The lowest BCUT2D eigenvalue weighted by atomic mass is 9.77. The van der Waals surface area contributed by atoms with Gasteiger partial charge in [0, 0.05) is 33.2 Å². The van der Waals surface area contributed by atoms with E-state index in [-0.39, 0.29) is 16.7 Å². The zero-order valence-corrected chi connectivity index (χ0v) is 46.8. The van der Waals surface area contributed by atoms with E-state index in [0.717, 1.165) is 18.5 Å². The summed E-state index contributed by atoms with van der Waals surface area (Å²) in [5.74, 6) is 0.170. The molecule has 0 saturated carbocycles. The molecule has 1 nitrogen and oxygen atoms in total. The maximum atomic E-state index is 2.63. The van der Waals surface area contributed by atoms with Gasteiger partial charge < -0.3 is 4.57 Å². The molecule has 82 heavy (non-hydrogen) atoms. The minimum Gasteiger partial charge on any atom is -0.309 e. The van der Waals surface area contributed by atoms with Crippen LogP contribution in [0.25, 0.3) is 117 Å². The molecule has 1 heterocycles. The zero-order chi connectivity index (χ0) is 54.8. The van der Waals surface area contributed by atoms with E-state index < -0.39 is 0 Å². The number of aromatic nitrogens is 1. The standard InChI is InChI=1S/C81H61N/c1-80(2)74-31-19-17-29-65(74)70-47-68-67-45-56(34-33-55(67)35-37-64(69(68)49-76(70)80)62-41-58(51-21-9-5-10-22-51)39-59(42-62)52-23-11-6-12-24-52)57-36-38-78-72(46-57)73-48-71-66-30-18-20-32-75(66)81(3,4)77(71)50-79(73)82(78)63-43-60(53-25-13-7-14-26-53)40-61(44-63)54-27-15-8-16-28-54/h5-34,36,38-50,64H,35,37H2,1-4H3. The van der Waals surface area contributed by atoms with Crippen molar-refractivity contribution in [3.8, 4) is 94.7 Å². The molecule has 3 aliphatic rings. The Morgan fingerprint density at radius 3 is 1.33 bits per heavy atom. The molecule has 0 radical (unpaired) electrons. The number of nitrogens with zero attached hydrogens (tertiary/aromatic N) is 1. The Balaban J connectivity index is 0.908. The molecule has 3 aliphatic carbocycles. The van der Waals surface area contributed by atoms with Crippen molar-refractivity contribution in [3.63, 3.8) is 0 Å².